The van der Waals surface area contributed by atoms with Gasteiger partial charge in [-0.3, -0.25) is 4.79 Å². The summed E-state index contributed by atoms with van der Waals surface area (Å²) in [6, 6.07) is 7.45. The van der Waals surface area contributed by atoms with E-state index in [0.29, 0.717) is 17.1 Å². The molecule has 0 aliphatic heterocycles. The van der Waals surface area contributed by atoms with E-state index in [1.54, 1.807) is 30.3 Å². The normalized spacial score (nSPS) is 17.0. The number of carbonyl (C=O) groups is 2. The van der Waals surface area contributed by atoms with Gasteiger partial charge in [0.2, 0.25) is 0 Å². The minimum atomic E-state index is -1.10. The van der Waals surface area contributed by atoms with Gasteiger partial charge >= 0.3 is 5.97 Å². The van der Waals surface area contributed by atoms with Gasteiger partial charge in [-0.25, -0.2) is 4.79 Å². The number of nitrogens with one attached hydrogen (secondary N) is 1. The Morgan fingerprint density at radius 2 is 1.80 bits per heavy atom. The second kappa shape index (κ2) is 13.6. The molecule has 1 aliphatic carbocycles. The number of hydrogen-bond acceptors (Lipinski definition) is 7. The number of amides is 1. The molecule has 1 aromatic rings. The fourth-order valence-electron chi connectivity index (χ4n) is 2.73. The molecule has 4 N–H and O–H groups in total. The molecule has 0 saturated heterocycles. The molecular weight excluding hydrogens is 410 g/mol. The van der Waals surface area contributed by atoms with Gasteiger partial charge in [-0.2, -0.15) is 11.8 Å². The van der Waals surface area contributed by atoms with Gasteiger partial charge in [0.15, 0.2) is 0 Å². The van der Waals surface area contributed by atoms with Gasteiger partial charge in [-0.05, 0) is 43.6 Å². The highest BCUT2D eigenvalue weighted by molar-refractivity contribution is 7.99. The minimum absolute atomic E-state index is 0.0839. The molecule has 2 rings (SSSR count). The lowest BCUT2D eigenvalue weighted by Crippen LogP contribution is -2.41. The molecule has 1 amide bonds. The SMILES string of the molecule is O=C(NC(CCSCC(O)COCC(O)COC1CCC1)C(=O)O)c1ccccc1. The van der Waals surface area contributed by atoms with E-state index in [4.69, 9.17) is 9.47 Å². The highest BCUT2D eigenvalue weighted by Gasteiger charge is 2.21. The van der Waals surface area contributed by atoms with E-state index in [-0.39, 0.29) is 32.3 Å². The van der Waals surface area contributed by atoms with Gasteiger partial charge < -0.3 is 30.1 Å². The Bertz CT molecular complexity index is 642. The van der Waals surface area contributed by atoms with Gasteiger partial charge in [0.05, 0.1) is 32.0 Å². The third-order valence-corrected chi connectivity index (χ3v) is 5.84. The first-order valence-corrected chi connectivity index (χ1v) is 11.3. The van der Waals surface area contributed by atoms with Crippen LogP contribution in [0.5, 0.6) is 0 Å². The van der Waals surface area contributed by atoms with Gasteiger partial charge in [0, 0.05) is 11.3 Å². The first-order valence-electron chi connectivity index (χ1n) is 10.2. The zero-order valence-electron chi connectivity index (χ0n) is 16.9. The maximum absolute atomic E-state index is 12.1. The predicted molar refractivity (Wildman–Crippen MR) is 114 cm³/mol. The summed E-state index contributed by atoms with van der Waals surface area (Å²) in [7, 11) is 0. The topological polar surface area (TPSA) is 125 Å². The number of aliphatic carboxylic acids is 1. The number of carboxylic acids is 1. The van der Waals surface area contributed by atoms with Crippen LogP contribution in [-0.4, -0.2) is 82.9 Å². The number of aliphatic hydroxyl groups is 2. The van der Waals surface area contributed by atoms with Crippen LogP contribution in [-0.2, 0) is 14.3 Å². The third kappa shape index (κ3) is 9.44. The summed E-state index contributed by atoms with van der Waals surface area (Å²) < 4.78 is 10.8. The number of carbonyl (C=O) groups excluding carboxylic acids is 1. The van der Waals surface area contributed by atoms with Gasteiger partial charge in [-0.1, -0.05) is 18.2 Å². The van der Waals surface area contributed by atoms with Gasteiger partial charge in [-0.15, -0.1) is 0 Å². The first-order chi connectivity index (χ1) is 14.5. The van der Waals surface area contributed by atoms with Crippen molar-refractivity contribution >= 4 is 23.6 Å². The van der Waals surface area contributed by atoms with E-state index in [1.807, 2.05) is 0 Å². The summed E-state index contributed by atoms with van der Waals surface area (Å²) in [5.74, 6) is -0.697. The van der Waals surface area contributed by atoms with Crippen LogP contribution in [0.2, 0.25) is 0 Å². The zero-order chi connectivity index (χ0) is 21.8. The Balaban J connectivity index is 1.55. The average Bonchev–Trinajstić information content (AvgIpc) is 2.69. The molecule has 1 aromatic carbocycles. The van der Waals surface area contributed by atoms with Crippen molar-refractivity contribution in [3.05, 3.63) is 35.9 Å². The maximum Gasteiger partial charge on any atom is 0.326 e. The van der Waals surface area contributed by atoms with E-state index < -0.39 is 30.1 Å². The molecule has 3 unspecified atom stereocenters. The molecule has 30 heavy (non-hydrogen) atoms. The van der Waals surface area contributed by atoms with Crippen molar-refractivity contribution in [3.63, 3.8) is 0 Å². The Kier molecular flexibility index (Phi) is 11.2. The van der Waals surface area contributed by atoms with Crippen LogP contribution in [0.1, 0.15) is 36.0 Å². The fourth-order valence-corrected chi connectivity index (χ4v) is 3.67. The second-order valence-corrected chi connectivity index (χ2v) is 8.48. The molecule has 0 heterocycles. The number of rotatable bonds is 15. The van der Waals surface area contributed by atoms with Gasteiger partial charge in [0.25, 0.3) is 5.91 Å². The molecular formula is C21H31NO7S. The molecule has 1 saturated carbocycles. The largest absolute Gasteiger partial charge is 0.480 e. The molecule has 0 radical (unpaired) electrons. The number of benzene rings is 1. The Morgan fingerprint density at radius 1 is 1.10 bits per heavy atom. The van der Waals surface area contributed by atoms with Crippen molar-refractivity contribution in [2.75, 3.05) is 31.3 Å². The summed E-state index contributed by atoms with van der Waals surface area (Å²) in [6.07, 6.45) is 2.32. The highest BCUT2D eigenvalue weighted by Crippen LogP contribution is 2.21. The van der Waals surface area contributed by atoms with Crippen molar-refractivity contribution in [2.45, 2.75) is 50.0 Å². The summed E-state index contributed by atoms with van der Waals surface area (Å²) in [5.41, 5.74) is 0.407. The summed E-state index contributed by atoms with van der Waals surface area (Å²) >= 11 is 1.38. The number of aliphatic hydroxyl groups excluding tert-OH is 2. The minimum Gasteiger partial charge on any atom is -0.480 e. The molecule has 9 heteroatoms. The third-order valence-electron chi connectivity index (χ3n) is 4.70. The van der Waals surface area contributed by atoms with Crippen LogP contribution in [0.15, 0.2) is 30.3 Å². The van der Waals surface area contributed by atoms with Gasteiger partial charge in [0.1, 0.15) is 12.1 Å². The van der Waals surface area contributed by atoms with E-state index in [9.17, 15) is 24.9 Å². The molecule has 8 nitrogen and oxygen atoms in total. The smallest absolute Gasteiger partial charge is 0.326 e. The number of thioether (sulfide) groups is 1. The number of ether oxygens (including phenoxy) is 2. The summed E-state index contributed by atoms with van der Waals surface area (Å²) in [6.45, 7) is 0.419. The van der Waals surface area contributed by atoms with Crippen LogP contribution >= 0.6 is 11.8 Å². The zero-order valence-corrected chi connectivity index (χ0v) is 17.8. The fraction of sp³-hybridized carbons (Fsp3) is 0.619. The molecule has 1 aliphatic rings. The van der Waals surface area contributed by atoms with E-state index in [0.717, 1.165) is 12.8 Å². The summed E-state index contributed by atoms with van der Waals surface area (Å²) in [5, 5.41) is 31.6. The van der Waals surface area contributed by atoms with Crippen molar-refractivity contribution in [2.24, 2.45) is 0 Å². The first kappa shape index (κ1) is 24.6. The maximum atomic E-state index is 12.1. The lowest BCUT2D eigenvalue weighted by atomic mass is 9.96. The standard InChI is InChI=1S/C21H31NO7S/c23-16(13-29-18-7-4-8-18)11-28-12-17(24)14-30-10-9-19(21(26)27)22-20(25)15-5-2-1-3-6-15/h1-3,5-6,16-19,23-24H,4,7-14H2,(H,22,25)(H,26,27). The molecule has 168 valence electrons. The molecule has 0 spiro atoms. The lowest BCUT2D eigenvalue weighted by Gasteiger charge is -2.26. The second-order valence-electron chi connectivity index (χ2n) is 7.33. The van der Waals surface area contributed by atoms with Crippen molar-refractivity contribution < 1.29 is 34.4 Å². The van der Waals surface area contributed by atoms with Crippen LogP contribution in [0, 0.1) is 0 Å². The quantitative estimate of drug-likeness (QED) is 0.300. The van der Waals surface area contributed by atoms with E-state index >= 15 is 0 Å². The van der Waals surface area contributed by atoms with Crippen molar-refractivity contribution in [3.8, 4) is 0 Å². The Hall–Kier alpha value is -1.65. The average molecular weight is 442 g/mol. The monoisotopic (exact) mass is 441 g/mol. The Labute approximate surface area is 181 Å². The van der Waals surface area contributed by atoms with Crippen LogP contribution < -0.4 is 5.32 Å². The van der Waals surface area contributed by atoms with Crippen molar-refractivity contribution in [1.29, 1.82) is 0 Å². The highest BCUT2D eigenvalue weighted by atomic mass is 32.2. The van der Waals surface area contributed by atoms with Crippen molar-refractivity contribution in [1.82, 2.24) is 5.32 Å². The molecule has 0 bridgehead atoms. The van der Waals surface area contributed by atoms with E-state index in [2.05, 4.69) is 5.32 Å². The molecule has 3 atom stereocenters. The molecule has 1 fully saturated rings. The van der Waals surface area contributed by atoms with Crippen LogP contribution in [0.25, 0.3) is 0 Å². The Morgan fingerprint density at radius 3 is 2.43 bits per heavy atom. The van der Waals surface area contributed by atoms with Crippen LogP contribution in [0.4, 0.5) is 0 Å². The molecule has 0 aromatic heterocycles. The van der Waals surface area contributed by atoms with E-state index in [1.165, 1.54) is 18.2 Å². The van der Waals surface area contributed by atoms with Crippen LogP contribution in [0.3, 0.4) is 0 Å². The number of carboxylic acid groups (broad SMARTS) is 1. The predicted octanol–water partition coefficient (Wildman–Crippen LogP) is 1.30. The number of hydrogen-bond donors (Lipinski definition) is 4. The summed E-state index contributed by atoms with van der Waals surface area (Å²) in [4.78, 5) is 23.5. The lowest BCUT2D eigenvalue weighted by molar-refractivity contribution is -0.139.